The van der Waals surface area contributed by atoms with Gasteiger partial charge in [0.25, 0.3) is 0 Å². The van der Waals surface area contributed by atoms with Crippen LogP contribution in [0.4, 0.5) is 0 Å². The summed E-state index contributed by atoms with van der Waals surface area (Å²) in [5.74, 6) is -1.67. The van der Waals surface area contributed by atoms with E-state index in [0.717, 1.165) is 0 Å². The zero-order chi connectivity index (χ0) is 31.7. The number of rotatable bonds is 5. The van der Waals surface area contributed by atoms with Crippen LogP contribution in [0.15, 0.2) is 108 Å². The molecule has 4 aromatic carbocycles. The van der Waals surface area contributed by atoms with Crippen LogP contribution in [-0.4, -0.2) is 5.98 Å². The molecule has 0 amide bonds. The number of fused-ring (bicyclic) bond motifs is 2. The first kappa shape index (κ1) is 32.0. The van der Waals surface area contributed by atoms with E-state index < -0.39 is 21.3 Å². The molecular formula is C40H45Cl2HfSi. The van der Waals surface area contributed by atoms with Crippen molar-refractivity contribution >= 4 is 35.3 Å². The van der Waals surface area contributed by atoms with Gasteiger partial charge < -0.3 is 0 Å². The first-order valence-electron chi connectivity index (χ1n) is 16.0. The van der Waals surface area contributed by atoms with Crippen LogP contribution in [0.25, 0.3) is 34.4 Å². The van der Waals surface area contributed by atoms with Crippen LogP contribution in [0.5, 0.6) is 0 Å². The molecule has 0 saturated heterocycles. The Labute approximate surface area is 274 Å². The van der Waals surface area contributed by atoms with Crippen LogP contribution in [0.3, 0.4) is 0 Å². The summed E-state index contributed by atoms with van der Waals surface area (Å²) in [6.45, 7) is 19.0. The molecule has 0 saturated carbocycles. The van der Waals surface area contributed by atoms with E-state index >= 15 is 0 Å². The predicted molar refractivity (Wildman–Crippen MR) is 195 cm³/mol. The Morgan fingerprint density at radius 2 is 0.886 bits per heavy atom. The molecule has 0 N–H and O–H groups in total. The summed E-state index contributed by atoms with van der Waals surface area (Å²) in [6, 6.07) is 35.3. The van der Waals surface area contributed by atoms with E-state index in [0.29, 0.717) is 0 Å². The van der Waals surface area contributed by atoms with Crippen molar-refractivity contribution in [2.75, 3.05) is 0 Å². The van der Waals surface area contributed by atoms with Gasteiger partial charge in [0.15, 0.2) is 0 Å². The molecule has 0 aliphatic heterocycles. The maximum atomic E-state index is 8.76. The van der Waals surface area contributed by atoms with E-state index in [9.17, 15) is 0 Å². The van der Waals surface area contributed by atoms with Gasteiger partial charge in [-0.25, -0.2) is 0 Å². The third kappa shape index (κ3) is 5.04. The van der Waals surface area contributed by atoms with Gasteiger partial charge >= 0.3 is 276 Å². The molecule has 0 nitrogen and oxygen atoms in total. The molecule has 44 heavy (non-hydrogen) atoms. The second-order valence-electron chi connectivity index (χ2n) is 15.3. The molecule has 2 atom stereocenters. The minimum absolute atomic E-state index is 0.0581. The molecule has 227 valence electrons. The summed E-state index contributed by atoms with van der Waals surface area (Å²) in [6.07, 6.45) is 4.97. The first-order chi connectivity index (χ1) is 20.6. The Hall–Kier alpha value is -1.97. The topological polar surface area (TPSA) is 0 Å². The summed E-state index contributed by atoms with van der Waals surface area (Å²) in [4.78, 5) is 0. The fourth-order valence-corrected chi connectivity index (χ4v) is 52.4. The molecule has 4 heteroatoms. The van der Waals surface area contributed by atoms with Crippen LogP contribution in [-0.2, 0) is 15.3 Å². The number of hydrogen-bond acceptors (Lipinski definition) is 0. The van der Waals surface area contributed by atoms with Crippen LogP contribution in [0.1, 0.15) is 71.1 Å². The summed E-state index contributed by atoms with van der Waals surface area (Å²) in [5, 5.41) is 0. The first-order valence-corrected chi connectivity index (χ1v) is 38.2. The van der Waals surface area contributed by atoms with Gasteiger partial charge in [-0.3, -0.25) is 0 Å². The minimum atomic E-state index is -5.10. The van der Waals surface area contributed by atoms with Crippen molar-refractivity contribution in [3.05, 3.63) is 130 Å². The number of halogens is 2. The van der Waals surface area contributed by atoms with Crippen molar-refractivity contribution in [1.82, 2.24) is 0 Å². The standard InChI is InChI=1S/2C19H19.C2H7Si.2ClH.Hf/c2*1-19(2,3)16-12-15-10-7-11-17(18(15)13-16)14-8-5-4-6-9-14;1-3-2;;;/h2*4-13H,1-3H3;3H,1-2H3;2*1H;/q;;;;;+2/p-2. The molecule has 2 unspecified atom stereocenters. The molecule has 0 heterocycles. The molecule has 4 aromatic rings. The van der Waals surface area contributed by atoms with Gasteiger partial charge in [-0.2, -0.15) is 0 Å². The molecule has 2 aliphatic rings. The van der Waals surface area contributed by atoms with Crippen molar-refractivity contribution in [3.63, 3.8) is 0 Å². The zero-order valence-electron chi connectivity index (χ0n) is 27.4. The average Bonchev–Trinajstić information content (AvgIpc) is 3.59. The molecule has 0 spiro atoms. The van der Waals surface area contributed by atoms with E-state index in [-0.39, 0.29) is 18.2 Å². The van der Waals surface area contributed by atoms with Crippen LogP contribution >= 0.6 is 17.2 Å². The number of hydrogen-bond donors (Lipinski definition) is 0. The third-order valence-corrected chi connectivity index (χ3v) is 82.6. The van der Waals surface area contributed by atoms with Gasteiger partial charge in [-0.1, -0.05) is 0 Å². The van der Waals surface area contributed by atoms with Crippen molar-refractivity contribution < 1.29 is 15.3 Å². The van der Waals surface area contributed by atoms with Crippen LogP contribution < -0.4 is 0 Å². The normalized spacial score (nSPS) is 19.2. The fraction of sp³-hybridized carbons (Fsp3) is 0.300. The third-order valence-electron chi connectivity index (χ3n) is 10.2. The van der Waals surface area contributed by atoms with E-state index in [1.165, 1.54) is 55.7 Å². The molecule has 6 rings (SSSR count). The number of benzene rings is 4. The van der Waals surface area contributed by atoms with Crippen molar-refractivity contribution in [2.45, 2.75) is 62.0 Å². The van der Waals surface area contributed by atoms with E-state index in [1.807, 2.05) is 0 Å². The van der Waals surface area contributed by atoms with Gasteiger partial charge in [0, 0.05) is 0 Å². The Morgan fingerprint density at radius 3 is 1.20 bits per heavy atom. The van der Waals surface area contributed by atoms with E-state index in [1.54, 1.807) is 0 Å². The Kier molecular flexibility index (Phi) is 8.05. The summed E-state index contributed by atoms with van der Waals surface area (Å²) < 4.78 is 0.116. The molecule has 0 fully saturated rings. The van der Waals surface area contributed by atoms with Gasteiger partial charge in [-0.15, -0.1) is 0 Å². The monoisotopic (exact) mass is 803 g/mol. The predicted octanol–water partition coefficient (Wildman–Crippen LogP) is 12.7. The second kappa shape index (κ2) is 11.1. The maximum absolute atomic E-state index is 8.76. The molecule has 0 aromatic heterocycles. The molecular weight excluding hydrogens is 758 g/mol. The SMILES string of the molecule is C[SiH](C)[Hf]([Cl])([Cl])([CH]1C(C(C)(C)C)=Cc2c(-c3ccccc3)cccc21)[CH]1C(C(C)(C)C)=Cc2c(-c3ccccc3)cccc21. The fourth-order valence-electron chi connectivity index (χ4n) is 7.86. The quantitative estimate of drug-likeness (QED) is 0.176. The molecule has 0 bridgehead atoms. The van der Waals surface area contributed by atoms with Crippen molar-refractivity contribution in [1.29, 1.82) is 0 Å². The Morgan fingerprint density at radius 1 is 0.523 bits per heavy atom. The van der Waals surface area contributed by atoms with E-state index in [4.69, 9.17) is 17.2 Å². The zero-order valence-corrected chi connectivity index (χ0v) is 33.6. The molecule has 0 radical (unpaired) electrons. The summed E-state index contributed by atoms with van der Waals surface area (Å²) in [7, 11) is 17.5. The van der Waals surface area contributed by atoms with Crippen LogP contribution in [0.2, 0.25) is 13.1 Å². The van der Waals surface area contributed by atoms with Crippen LogP contribution in [0, 0.1) is 10.8 Å². The number of allylic oxidation sites excluding steroid dienone is 2. The van der Waals surface area contributed by atoms with Gasteiger partial charge in [-0.05, 0) is 0 Å². The Balaban J connectivity index is 1.67. The van der Waals surface area contributed by atoms with Gasteiger partial charge in [0.1, 0.15) is 0 Å². The summed E-state index contributed by atoms with van der Waals surface area (Å²) in [5.41, 5.74) is 13.0. The summed E-state index contributed by atoms with van der Waals surface area (Å²) >= 11 is -5.10. The Bertz CT molecular complexity index is 1660. The van der Waals surface area contributed by atoms with Crippen molar-refractivity contribution in [3.8, 4) is 22.3 Å². The van der Waals surface area contributed by atoms with Gasteiger partial charge in [0.05, 0.1) is 0 Å². The van der Waals surface area contributed by atoms with E-state index in [2.05, 4.69) is 164 Å². The van der Waals surface area contributed by atoms with Gasteiger partial charge in [0.2, 0.25) is 0 Å². The molecule has 2 aliphatic carbocycles. The average molecular weight is 803 g/mol. The van der Waals surface area contributed by atoms with Crippen molar-refractivity contribution in [2.24, 2.45) is 10.8 Å². The second-order valence-corrected chi connectivity index (χ2v) is 74.6.